The Labute approximate surface area is 723 Å². The molecule has 7 N–H and O–H groups in total. The van der Waals surface area contributed by atoms with Gasteiger partial charge in [0.2, 0.25) is 17.7 Å². The van der Waals surface area contributed by atoms with Crippen LogP contribution in [0.3, 0.4) is 0 Å². The minimum Gasteiger partial charge on any atom is -0.478 e. The first-order chi connectivity index (χ1) is 54.7. The molecule has 7 heterocycles. The van der Waals surface area contributed by atoms with Crippen molar-refractivity contribution in [2.45, 2.75) is 234 Å². The minimum absolute atomic E-state index is 0. The zero-order chi connectivity index (χ0) is 85.5. The van der Waals surface area contributed by atoms with Crippen LogP contribution < -0.4 is 36.4 Å². The first kappa shape index (κ1) is 99.9. The Morgan fingerprint density at radius 1 is 0.385 bits per heavy atom. The number of nitrogens with zero attached hydrogens (tertiary/aromatic N) is 6. The van der Waals surface area contributed by atoms with E-state index in [2.05, 4.69) is 96.6 Å². The summed E-state index contributed by atoms with van der Waals surface area (Å²) in [6, 6.07) is 25.7. The number of nitrogens with two attached hydrogens (primary N) is 1. The molecule has 5 aromatic carbocycles. The van der Waals surface area contributed by atoms with Gasteiger partial charge in [0.05, 0.1) is 27.8 Å². The number of amides is 3. The molecule has 0 aromatic heterocycles. The van der Waals surface area contributed by atoms with Crippen molar-refractivity contribution in [3.8, 4) is 0 Å². The molecule has 648 valence electrons. The number of carbonyl (C=O) groups is 8. The van der Waals surface area contributed by atoms with Gasteiger partial charge < -0.3 is 75.5 Å². The number of aromatic carboxylic acids is 2. The molecule has 0 unspecified atom stereocenters. The molecule has 0 spiro atoms. The number of ether oxygens (including phenoxy) is 3. The number of benzene rings is 5. The number of esters is 3. The fourth-order valence-corrected chi connectivity index (χ4v) is 15.3. The summed E-state index contributed by atoms with van der Waals surface area (Å²) in [5, 5.41) is 28.3. The van der Waals surface area contributed by atoms with Crippen molar-refractivity contribution < 1.29 is 71.6 Å². The lowest BCUT2D eigenvalue weighted by Gasteiger charge is -2.33. The van der Waals surface area contributed by atoms with Crippen LogP contribution in [-0.2, 0) is 28.6 Å². The first-order valence-corrected chi connectivity index (χ1v) is 43.2. The number of anilines is 5. The Bertz CT molecular complexity index is 3970. The molecule has 117 heavy (non-hydrogen) atoms. The van der Waals surface area contributed by atoms with Gasteiger partial charge in [-0.15, -0.1) is 12.4 Å². The summed E-state index contributed by atoms with van der Waals surface area (Å²) in [6.45, 7) is 34.8. The maximum absolute atomic E-state index is 13.0. The maximum Gasteiger partial charge on any atom is 0.338 e. The highest BCUT2D eigenvalue weighted by Gasteiger charge is 2.28. The second kappa shape index (κ2) is 49.2. The molecule has 5 aromatic rings. The smallest absolute Gasteiger partial charge is 0.338 e. The van der Waals surface area contributed by atoms with Gasteiger partial charge in [0.15, 0.2) is 0 Å². The van der Waals surface area contributed by atoms with Crippen LogP contribution in [0.15, 0.2) is 104 Å². The Morgan fingerprint density at radius 2 is 0.658 bits per heavy atom. The van der Waals surface area contributed by atoms with Crippen molar-refractivity contribution in [3.63, 3.8) is 0 Å². The van der Waals surface area contributed by atoms with Gasteiger partial charge in [-0.25, -0.2) is 32.8 Å². The van der Waals surface area contributed by atoms with Crippen LogP contribution in [-0.4, -0.2) is 199 Å². The Morgan fingerprint density at radius 3 is 0.966 bits per heavy atom. The number of rotatable bonds is 12. The molecule has 3 amide bonds. The second-order valence-corrected chi connectivity index (χ2v) is 36.1. The van der Waals surface area contributed by atoms with Crippen molar-refractivity contribution in [1.29, 1.82) is 0 Å². The van der Waals surface area contributed by atoms with Crippen molar-refractivity contribution in [1.82, 2.24) is 20.0 Å². The number of hydrogen-bond acceptors (Lipinski definition) is 18. The Kier molecular flexibility index (Phi) is 42.0. The molecule has 0 radical (unpaired) electrons. The van der Waals surface area contributed by atoms with E-state index in [1.807, 2.05) is 80.5 Å². The van der Waals surface area contributed by atoms with Crippen molar-refractivity contribution in [2.75, 3.05) is 117 Å². The van der Waals surface area contributed by atoms with Crippen LogP contribution >= 0.6 is 60.2 Å². The topological polar surface area (TPSA) is 286 Å². The molecule has 12 rings (SSSR count). The summed E-state index contributed by atoms with van der Waals surface area (Å²) in [7, 11) is 0. The van der Waals surface area contributed by atoms with E-state index in [0.717, 1.165) is 175 Å². The van der Waals surface area contributed by atoms with Crippen LogP contribution in [0.5, 0.6) is 0 Å². The zero-order valence-electron chi connectivity index (χ0n) is 70.5. The number of nitrogens with one attached hydrogen (secondary N) is 3. The summed E-state index contributed by atoms with van der Waals surface area (Å²) < 4.78 is 43.5. The van der Waals surface area contributed by atoms with Gasteiger partial charge in [0.25, 0.3) is 0 Å². The first-order valence-electron chi connectivity index (χ1n) is 40.9. The number of halogens is 6. The van der Waals surface area contributed by atoms with Gasteiger partial charge in [0.1, 0.15) is 28.4 Å². The van der Waals surface area contributed by atoms with Gasteiger partial charge in [-0.3, -0.25) is 14.4 Å². The summed E-state index contributed by atoms with van der Waals surface area (Å²) >= 11 is 9.58. The van der Waals surface area contributed by atoms with Crippen molar-refractivity contribution in [3.05, 3.63) is 144 Å². The fraction of sp³-hybridized carbons (Fsp3) is 0.568. The third-order valence-corrected chi connectivity index (χ3v) is 21.2. The SMILES string of the molecule is C1CCNCC1.CC(=O)N1CCC(N)CC1.CC(=O)N1CCC(Nc2cc(C(=O)O)cc(N3CCCCC3)c2)CC1.CC(=O)N1CCC(Nc2cc(C(=O)OC(C)(C)C)cc(N3CCCCC3)c2)CC1.CC(C)(C)OC(=O)c1cc(Br)cc(N2CCCCC2)c1.CC(C)(C)OC(=O)c1cc(F)cc(Br)c1.Cl.O=C(O)c1cc(F)cc(Br)c1. The molecule has 7 saturated heterocycles. The van der Waals surface area contributed by atoms with Crippen molar-refractivity contribution in [2.24, 2.45) is 5.73 Å². The molecule has 0 aliphatic carbocycles. The van der Waals surface area contributed by atoms with Gasteiger partial charge in [0, 0.05) is 159 Å². The largest absolute Gasteiger partial charge is 0.478 e. The standard InChI is InChI=1S/C23H35N3O3.C19H27N3O3.C16H22BrNO2.C11H12BrFO2.C7H4BrFO2.C7H14N2O.C5H11N.ClH/c1-17(27)25-12-8-19(9-13-25)24-20-14-18(22(28)29-23(2,3)4)15-21(16-20)26-10-6-5-7-11-26;1-14(23)21-9-5-16(6-10-21)20-17-11-15(19(24)25)12-18(13-17)22-7-3-2-4-8-22;1-16(2,3)20-15(19)12-9-13(17)11-14(10-12)18-7-5-4-6-8-18;1-11(2,3)15-10(14)7-4-8(12)6-9(13)5-7;8-5-1-4(7(10)11)2-6(9)3-5;1-6(10)9-4-2-7(8)3-5-9;1-2-4-6-5-3-1;/h14-16,19,24H,5-13H2,1-4H3;11-13,16,20H,2-10H2,1H3,(H,24,25);9-11H,4-8H2,1-3H3;4-6H,1-3H3;1-3H,(H,10,11);7H,2-5,8H2,1H3;6H,1-5H2;1H. The minimum atomic E-state index is -1.13. The van der Waals surface area contributed by atoms with E-state index in [1.165, 1.54) is 102 Å². The van der Waals surface area contributed by atoms with Crippen molar-refractivity contribution >= 4 is 136 Å². The molecule has 7 aliphatic rings. The number of carboxylic acids is 2. The molecular formula is C88H126Br3ClF2N10O13. The third-order valence-electron chi connectivity index (χ3n) is 19.8. The Balaban J connectivity index is 0.000000254. The van der Waals surface area contributed by atoms with Crippen LogP contribution in [0.1, 0.15) is 250 Å². The van der Waals surface area contributed by atoms with Crippen LogP contribution in [0, 0.1) is 11.6 Å². The third kappa shape index (κ3) is 38.1. The average Bonchev–Trinajstić information content (AvgIpc) is 0.850. The summed E-state index contributed by atoms with van der Waals surface area (Å²) in [4.78, 5) is 105. The summed E-state index contributed by atoms with van der Waals surface area (Å²) in [6.07, 6.45) is 20.6. The molecule has 0 bridgehead atoms. The number of piperidine rings is 7. The van der Waals surface area contributed by atoms with Gasteiger partial charge in [-0.2, -0.15) is 0 Å². The predicted octanol–water partition coefficient (Wildman–Crippen LogP) is 18.2. The lowest BCUT2D eigenvalue weighted by Crippen LogP contribution is -2.41. The average molecular weight is 1850 g/mol. The zero-order valence-corrected chi connectivity index (χ0v) is 76.0. The maximum atomic E-state index is 13.0. The van der Waals surface area contributed by atoms with Gasteiger partial charge in [-0.05, 0) is 276 Å². The number of likely N-dealkylation sites (tertiary alicyclic amines) is 3. The molecule has 23 nitrogen and oxygen atoms in total. The molecule has 0 atom stereocenters. The molecule has 7 aliphatic heterocycles. The Hall–Kier alpha value is -7.63. The van der Waals surface area contributed by atoms with E-state index in [0.29, 0.717) is 37.7 Å². The summed E-state index contributed by atoms with van der Waals surface area (Å²) in [5.41, 5.74) is 10.7. The number of carboxylic acid groups (broad SMARTS) is 2. The number of hydrogen-bond donors (Lipinski definition) is 6. The normalized spacial score (nSPS) is 16.8. The molecule has 29 heteroatoms. The fourth-order valence-electron chi connectivity index (χ4n) is 13.9. The molecular weight excluding hydrogens is 1720 g/mol. The predicted molar refractivity (Wildman–Crippen MR) is 474 cm³/mol. The quantitative estimate of drug-likeness (QED) is 0.0500. The van der Waals surface area contributed by atoms with E-state index in [-0.39, 0.29) is 59.2 Å². The van der Waals surface area contributed by atoms with Gasteiger partial charge in [-0.1, -0.05) is 54.2 Å². The molecule has 7 fully saturated rings. The van der Waals surface area contributed by atoms with Crippen LogP contribution in [0.4, 0.5) is 37.2 Å². The monoisotopic (exact) mass is 1840 g/mol. The van der Waals surface area contributed by atoms with E-state index < -0.39 is 46.3 Å². The van der Waals surface area contributed by atoms with Crippen LogP contribution in [0.25, 0.3) is 0 Å². The van der Waals surface area contributed by atoms with E-state index in [9.17, 15) is 52.2 Å². The second-order valence-electron chi connectivity index (χ2n) is 33.3. The lowest BCUT2D eigenvalue weighted by molar-refractivity contribution is -0.130. The highest BCUT2D eigenvalue weighted by Crippen LogP contribution is 2.32. The van der Waals surface area contributed by atoms with Crippen LogP contribution in [0.2, 0.25) is 0 Å². The summed E-state index contributed by atoms with van der Waals surface area (Å²) in [5.74, 6) is -3.69. The van der Waals surface area contributed by atoms with Gasteiger partial charge >= 0.3 is 29.8 Å². The highest BCUT2D eigenvalue weighted by molar-refractivity contribution is 9.11. The highest BCUT2D eigenvalue weighted by atomic mass is 79.9. The lowest BCUT2D eigenvalue weighted by atomic mass is 10.0. The van der Waals surface area contributed by atoms with E-state index in [1.54, 1.807) is 53.7 Å². The van der Waals surface area contributed by atoms with E-state index in [4.69, 9.17) is 25.1 Å². The van der Waals surface area contributed by atoms with E-state index >= 15 is 0 Å². The molecule has 0 saturated carbocycles. The number of carbonyl (C=O) groups excluding carboxylic acids is 6.